The summed E-state index contributed by atoms with van der Waals surface area (Å²) in [6.07, 6.45) is 0. The molecular formula is C13H18N2O. The molecule has 1 aromatic rings. The van der Waals surface area contributed by atoms with Crippen molar-refractivity contribution < 1.29 is 4.74 Å². The minimum absolute atomic E-state index is 0.488. The smallest absolute Gasteiger partial charge is 0.119 e. The van der Waals surface area contributed by atoms with Gasteiger partial charge < -0.3 is 4.74 Å². The first-order valence-corrected chi connectivity index (χ1v) is 5.45. The van der Waals surface area contributed by atoms with E-state index in [1.807, 2.05) is 45.0 Å². The molecule has 0 bridgehead atoms. The lowest BCUT2D eigenvalue weighted by Crippen LogP contribution is -2.36. The van der Waals surface area contributed by atoms with Gasteiger partial charge in [0.2, 0.25) is 0 Å². The van der Waals surface area contributed by atoms with E-state index in [4.69, 9.17) is 10.00 Å². The molecule has 0 aliphatic carbocycles. The molecule has 0 radical (unpaired) electrons. The van der Waals surface area contributed by atoms with Crippen molar-refractivity contribution in [3.05, 3.63) is 29.8 Å². The van der Waals surface area contributed by atoms with Crippen LogP contribution < -0.4 is 10.1 Å². The molecule has 0 atom stereocenters. The van der Waals surface area contributed by atoms with E-state index < -0.39 is 5.54 Å². The molecule has 1 N–H and O–H groups in total. The number of nitrogens with zero attached hydrogens (tertiary/aromatic N) is 1. The Labute approximate surface area is 97.0 Å². The SMILES string of the molecule is CCOc1ccc(CNC(C)(C)C#N)cc1. The Morgan fingerprint density at radius 2 is 1.94 bits per heavy atom. The normalized spacial score (nSPS) is 10.9. The van der Waals surface area contributed by atoms with Gasteiger partial charge in [0.25, 0.3) is 0 Å². The Morgan fingerprint density at radius 1 is 1.31 bits per heavy atom. The molecule has 16 heavy (non-hydrogen) atoms. The van der Waals surface area contributed by atoms with Crippen molar-refractivity contribution in [3.63, 3.8) is 0 Å². The van der Waals surface area contributed by atoms with Gasteiger partial charge in [0.1, 0.15) is 11.3 Å². The van der Waals surface area contributed by atoms with E-state index in [-0.39, 0.29) is 0 Å². The van der Waals surface area contributed by atoms with Gasteiger partial charge in [-0.25, -0.2) is 0 Å². The average Bonchev–Trinajstić information content (AvgIpc) is 2.29. The number of hydrogen-bond donors (Lipinski definition) is 1. The molecule has 0 heterocycles. The first-order valence-electron chi connectivity index (χ1n) is 5.45. The highest BCUT2D eigenvalue weighted by atomic mass is 16.5. The van der Waals surface area contributed by atoms with Crippen LogP contribution in [-0.2, 0) is 6.54 Å². The van der Waals surface area contributed by atoms with Crippen LogP contribution in [0.5, 0.6) is 5.75 Å². The minimum Gasteiger partial charge on any atom is -0.494 e. The third-order valence-electron chi connectivity index (χ3n) is 2.25. The van der Waals surface area contributed by atoms with Crippen LogP contribution in [0.4, 0.5) is 0 Å². The van der Waals surface area contributed by atoms with Crippen LogP contribution in [0.2, 0.25) is 0 Å². The molecule has 0 aliphatic rings. The predicted octanol–water partition coefficient (Wildman–Crippen LogP) is 2.48. The summed E-state index contributed by atoms with van der Waals surface area (Å²) in [6, 6.07) is 10.1. The highest BCUT2D eigenvalue weighted by molar-refractivity contribution is 5.27. The zero-order chi connectivity index (χ0) is 12.0. The summed E-state index contributed by atoms with van der Waals surface area (Å²) in [6.45, 7) is 7.06. The lowest BCUT2D eigenvalue weighted by molar-refractivity contribution is 0.340. The molecule has 3 nitrogen and oxygen atoms in total. The summed E-state index contributed by atoms with van der Waals surface area (Å²) < 4.78 is 5.35. The molecule has 0 fully saturated rings. The topological polar surface area (TPSA) is 45.0 Å². The summed E-state index contributed by atoms with van der Waals surface area (Å²) in [7, 11) is 0. The van der Waals surface area contributed by atoms with Gasteiger partial charge in [-0.05, 0) is 38.5 Å². The molecule has 0 saturated heterocycles. The Kier molecular flexibility index (Phi) is 4.33. The van der Waals surface area contributed by atoms with Crippen molar-refractivity contribution in [2.45, 2.75) is 32.9 Å². The molecule has 86 valence electrons. The van der Waals surface area contributed by atoms with Gasteiger partial charge in [0, 0.05) is 6.54 Å². The molecule has 0 spiro atoms. The summed E-state index contributed by atoms with van der Waals surface area (Å²) in [5.74, 6) is 0.880. The fourth-order valence-electron chi connectivity index (χ4n) is 1.23. The fraction of sp³-hybridized carbons (Fsp3) is 0.462. The Balaban J connectivity index is 2.53. The van der Waals surface area contributed by atoms with Crippen LogP contribution in [0.15, 0.2) is 24.3 Å². The van der Waals surface area contributed by atoms with E-state index in [0.29, 0.717) is 13.2 Å². The zero-order valence-corrected chi connectivity index (χ0v) is 10.1. The van der Waals surface area contributed by atoms with Crippen LogP contribution in [0.1, 0.15) is 26.3 Å². The highest BCUT2D eigenvalue weighted by Gasteiger charge is 2.14. The summed E-state index contributed by atoms with van der Waals surface area (Å²) in [5, 5.41) is 12.0. The van der Waals surface area contributed by atoms with Crippen LogP contribution >= 0.6 is 0 Å². The second-order valence-electron chi connectivity index (χ2n) is 4.17. The van der Waals surface area contributed by atoms with Crippen LogP contribution in [-0.4, -0.2) is 12.1 Å². The van der Waals surface area contributed by atoms with Gasteiger partial charge in [-0.2, -0.15) is 5.26 Å². The second kappa shape index (κ2) is 5.53. The molecule has 0 unspecified atom stereocenters. The molecule has 3 heteroatoms. The molecular weight excluding hydrogens is 200 g/mol. The quantitative estimate of drug-likeness (QED) is 0.825. The molecule has 1 rings (SSSR count). The van der Waals surface area contributed by atoms with Gasteiger partial charge in [-0.1, -0.05) is 12.1 Å². The van der Waals surface area contributed by atoms with Gasteiger partial charge in [0.05, 0.1) is 12.7 Å². The third kappa shape index (κ3) is 3.92. The number of ether oxygens (including phenoxy) is 1. The Morgan fingerprint density at radius 3 is 2.44 bits per heavy atom. The van der Waals surface area contributed by atoms with Gasteiger partial charge in [-0.3, -0.25) is 5.32 Å². The van der Waals surface area contributed by atoms with Crippen LogP contribution in [0.3, 0.4) is 0 Å². The maximum atomic E-state index is 8.85. The number of nitriles is 1. The van der Waals surface area contributed by atoms with Crippen molar-refractivity contribution in [2.75, 3.05) is 6.61 Å². The van der Waals surface area contributed by atoms with Gasteiger partial charge in [0.15, 0.2) is 0 Å². The van der Waals surface area contributed by atoms with Crippen molar-refractivity contribution in [1.82, 2.24) is 5.32 Å². The summed E-state index contributed by atoms with van der Waals surface area (Å²) in [4.78, 5) is 0. The maximum absolute atomic E-state index is 8.85. The highest BCUT2D eigenvalue weighted by Crippen LogP contribution is 2.12. The fourth-order valence-corrected chi connectivity index (χ4v) is 1.23. The minimum atomic E-state index is -0.488. The van der Waals surface area contributed by atoms with Crippen molar-refractivity contribution in [3.8, 4) is 11.8 Å². The zero-order valence-electron chi connectivity index (χ0n) is 10.1. The van der Waals surface area contributed by atoms with Crippen LogP contribution in [0.25, 0.3) is 0 Å². The van der Waals surface area contributed by atoms with Crippen LogP contribution in [0, 0.1) is 11.3 Å². The number of rotatable bonds is 5. The maximum Gasteiger partial charge on any atom is 0.119 e. The lowest BCUT2D eigenvalue weighted by Gasteiger charge is -2.17. The number of benzene rings is 1. The van der Waals surface area contributed by atoms with Crippen molar-refractivity contribution in [2.24, 2.45) is 0 Å². The van der Waals surface area contributed by atoms with E-state index in [1.54, 1.807) is 0 Å². The number of nitrogens with one attached hydrogen (secondary N) is 1. The standard InChI is InChI=1S/C13H18N2O/c1-4-16-12-7-5-11(6-8-12)9-15-13(2,3)10-14/h5-8,15H,4,9H2,1-3H3. The number of hydrogen-bond acceptors (Lipinski definition) is 3. The van der Waals surface area contributed by atoms with Crippen molar-refractivity contribution >= 4 is 0 Å². The van der Waals surface area contributed by atoms with E-state index >= 15 is 0 Å². The van der Waals surface area contributed by atoms with E-state index in [0.717, 1.165) is 11.3 Å². The Bertz CT molecular complexity index is 363. The summed E-state index contributed by atoms with van der Waals surface area (Å²) in [5.41, 5.74) is 0.658. The molecule has 0 aliphatic heterocycles. The molecule has 0 saturated carbocycles. The second-order valence-corrected chi connectivity index (χ2v) is 4.17. The Hall–Kier alpha value is -1.53. The van der Waals surface area contributed by atoms with Gasteiger partial charge in [-0.15, -0.1) is 0 Å². The molecule has 0 amide bonds. The lowest BCUT2D eigenvalue weighted by atomic mass is 10.1. The molecule has 0 aromatic heterocycles. The first-order chi connectivity index (χ1) is 7.57. The predicted molar refractivity (Wildman–Crippen MR) is 64.1 cm³/mol. The first kappa shape index (κ1) is 12.5. The van der Waals surface area contributed by atoms with E-state index in [9.17, 15) is 0 Å². The average molecular weight is 218 g/mol. The monoisotopic (exact) mass is 218 g/mol. The van der Waals surface area contributed by atoms with Gasteiger partial charge >= 0.3 is 0 Å². The van der Waals surface area contributed by atoms with Crippen molar-refractivity contribution in [1.29, 1.82) is 5.26 Å². The molecule has 1 aromatic carbocycles. The largest absolute Gasteiger partial charge is 0.494 e. The summed E-state index contributed by atoms with van der Waals surface area (Å²) >= 11 is 0. The van der Waals surface area contributed by atoms with E-state index in [2.05, 4.69) is 11.4 Å². The third-order valence-corrected chi connectivity index (χ3v) is 2.25. The van der Waals surface area contributed by atoms with E-state index in [1.165, 1.54) is 0 Å².